The van der Waals surface area contributed by atoms with Crippen molar-refractivity contribution in [2.45, 2.75) is 26.4 Å². The first kappa shape index (κ1) is 20.6. The highest BCUT2D eigenvalue weighted by Gasteiger charge is 2.08. The molecule has 0 aliphatic rings. The van der Waals surface area contributed by atoms with Crippen LogP contribution in [0.3, 0.4) is 0 Å². The van der Waals surface area contributed by atoms with E-state index in [2.05, 4.69) is 41.3 Å². The number of aromatic amines is 1. The summed E-state index contributed by atoms with van der Waals surface area (Å²) in [5, 5.41) is 11.4. The molecule has 0 saturated carbocycles. The summed E-state index contributed by atoms with van der Waals surface area (Å²) in [6, 6.07) is 13.5. The molecule has 7 nitrogen and oxygen atoms in total. The van der Waals surface area contributed by atoms with Crippen molar-refractivity contribution in [3.63, 3.8) is 0 Å². The lowest BCUT2D eigenvalue weighted by atomic mass is 10.0. The standard InChI is InChI=1S/C21H24N4O3S/c1-14(2)15-5-8-17(9-6-15)28-13-20-23-24-21(29)25(20)22-12-16-7-10-18(26-3)11-19(16)27-4/h5-12,14H,13H2,1-4H3,(H,24,29)/b22-12-. The Morgan fingerprint density at radius 1 is 1.10 bits per heavy atom. The lowest BCUT2D eigenvalue weighted by Gasteiger charge is -2.09. The van der Waals surface area contributed by atoms with Crippen LogP contribution in [0.25, 0.3) is 0 Å². The molecule has 0 aliphatic heterocycles. The van der Waals surface area contributed by atoms with Gasteiger partial charge >= 0.3 is 0 Å². The van der Waals surface area contributed by atoms with Crippen molar-refractivity contribution in [3.8, 4) is 17.2 Å². The molecular formula is C21H24N4O3S. The van der Waals surface area contributed by atoms with Crippen LogP contribution in [-0.4, -0.2) is 35.3 Å². The Labute approximate surface area is 174 Å². The van der Waals surface area contributed by atoms with Crippen LogP contribution in [0, 0.1) is 4.77 Å². The van der Waals surface area contributed by atoms with Crippen molar-refractivity contribution in [2.75, 3.05) is 14.2 Å². The van der Waals surface area contributed by atoms with Gasteiger partial charge < -0.3 is 14.2 Å². The predicted molar refractivity (Wildman–Crippen MR) is 115 cm³/mol. The average Bonchev–Trinajstić information content (AvgIpc) is 3.10. The number of ether oxygens (including phenoxy) is 3. The molecule has 29 heavy (non-hydrogen) atoms. The molecular weight excluding hydrogens is 388 g/mol. The molecule has 1 N–H and O–H groups in total. The first-order valence-corrected chi connectivity index (χ1v) is 9.58. The molecule has 1 aromatic heterocycles. The smallest absolute Gasteiger partial charge is 0.216 e. The molecule has 0 aliphatic carbocycles. The highest BCUT2D eigenvalue weighted by atomic mass is 32.1. The summed E-state index contributed by atoms with van der Waals surface area (Å²) < 4.78 is 18.4. The third-order valence-corrected chi connectivity index (χ3v) is 4.65. The summed E-state index contributed by atoms with van der Waals surface area (Å²) in [4.78, 5) is 0. The molecule has 2 aromatic carbocycles. The largest absolute Gasteiger partial charge is 0.497 e. The maximum Gasteiger partial charge on any atom is 0.216 e. The second-order valence-corrected chi connectivity index (χ2v) is 7.01. The van der Waals surface area contributed by atoms with E-state index in [0.29, 0.717) is 28.0 Å². The normalized spacial score (nSPS) is 11.2. The molecule has 0 spiro atoms. The Hall–Kier alpha value is -3.13. The zero-order valence-electron chi connectivity index (χ0n) is 16.9. The number of nitrogens with one attached hydrogen (secondary N) is 1. The molecule has 0 saturated heterocycles. The van der Waals surface area contributed by atoms with Gasteiger partial charge in [0.05, 0.1) is 20.4 Å². The van der Waals surface area contributed by atoms with E-state index in [9.17, 15) is 0 Å². The Morgan fingerprint density at radius 2 is 1.83 bits per heavy atom. The van der Waals surface area contributed by atoms with Gasteiger partial charge in [-0.3, -0.25) is 0 Å². The maximum absolute atomic E-state index is 5.84. The van der Waals surface area contributed by atoms with Crippen molar-refractivity contribution >= 4 is 18.4 Å². The van der Waals surface area contributed by atoms with Crippen LogP contribution in [0.15, 0.2) is 47.6 Å². The lowest BCUT2D eigenvalue weighted by molar-refractivity contribution is 0.290. The summed E-state index contributed by atoms with van der Waals surface area (Å²) in [7, 11) is 3.20. The van der Waals surface area contributed by atoms with E-state index in [1.54, 1.807) is 26.5 Å². The van der Waals surface area contributed by atoms with Crippen LogP contribution in [0.1, 0.15) is 36.7 Å². The monoisotopic (exact) mass is 412 g/mol. The minimum Gasteiger partial charge on any atom is -0.497 e. The van der Waals surface area contributed by atoms with Crippen molar-refractivity contribution in [3.05, 3.63) is 64.2 Å². The van der Waals surface area contributed by atoms with Crippen LogP contribution < -0.4 is 14.2 Å². The minimum absolute atomic E-state index is 0.227. The molecule has 0 amide bonds. The van der Waals surface area contributed by atoms with Gasteiger partial charge in [0.25, 0.3) is 0 Å². The number of H-pyrrole nitrogens is 1. The van der Waals surface area contributed by atoms with Crippen LogP contribution in [0.5, 0.6) is 17.2 Å². The summed E-state index contributed by atoms with van der Waals surface area (Å²) in [6.07, 6.45) is 1.66. The van der Waals surface area contributed by atoms with Gasteiger partial charge in [0.2, 0.25) is 4.77 Å². The lowest BCUT2D eigenvalue weighted by Crippen LogP contribution is -2.04. The fourth-order valence-corrected chi connectivity index (χ4v) is 2.88. The third kappa shape index (κ3) is 5.03. The zero-order chi connectivity index (χ0) is 20.8. The molecule has 0 fully saturated rings. The Balaban J connectivity index is 1.76. The van der Waals surface area contributed by atoms with E-state index < -0.39 is 0 Å². The van der Waals surface area contributed by atoms with Gasteiger partial charge in [-0.2, -0.15) is 14.9 Å². The molecule has 0 bridgehead atoms. The summed E-state index contributed by atoms with van der Waals surface area (Å²) in [5.74, 6) is 3.15. The molecule has 8 heteroatoms. The molecule has 0 radical (unpaired) electrons. The topological polar surface area (TPSA) is 73.7 Å². The van der Waals surface area contributed by atoms with Gasteiger partial charge in [-0.25, -0.2) is 5.10 Å². The highest BCUT2D eigenvalue weighted by molar-refractivity contribution is 7.71. The number of nitrogens with zero attached hydrogens (tertiary/aromatic N) is 3. The van der Waals surface area contributed by atoms with E-state index in [1.807, 2.05) is 24.3 Å². The van der Waals surface area contributed by atoms with Crippen LogP contribution in [0.4, 0.5) is 0 Å². The Kier molecular flexibility index (Phi) is 6.66. The van der Waals surface area contributed by atoms with Crippen LogP contribution >= 0.6 is 12.2 Å². The van der Waals surface area contributed by atoms with E-state index in [0.717, 1.165) is 11.3 Å². The SMILES string of the molecule is COc1ccc(/C=N\n2c(COc3ccc(C(C)C)cc3)n[nH]c2=S)c(OC)c1. The summed E-state index contributed by atoms with van der Waals surface area (Å²) in [6.45, 7) is 4.54. The number of rotatable bonds is 8. The van der Waals surface area contributed by atoms with E-state index in [1.165, 1.54) is 10.2 Å². The first-order chi connectivity index (χ1) is 14.0. The number of methoxy groups -OCH3 is 2. The maximum atomic E-state index is 5.84. The van der Waals surface area contributed by atoms with Crippen molar-refractivity contribution in [1.82, 2.24) is 14.9 Å². The molecule has 0 atom stereocenters. The zero-order valence-corrected chi connectivity index (χ0v) is 17.7. The van der Waals surface area contributed by atoms with Gasteiger partial charge in [-0.15, -0.1) is 0 Å². The van der Waals surface area contributed by atoms with Crippen molar-refractivity contribution in [2.24, 2.45) is 5.10 Å². The Morgan fingerprint density at radius 3 is 2.48 bits per heavy atom. The quantitative estimate of drug-likeness (QED) is 0.434. The van der Waals surface area contributed by atoms with Gasteiger partial charge in [0, 0.05) is 11.6 Å². The van der Waals surface area contributed by atoms with Gasteiger partial charge in [0.1, 0.15) is 23.9 Å². The van der Waals surface area contributed by atoms with Gasteiger partial charge in [-0.05, 0) is 48.0 Å². The van der Waals surface area contributed by atoms with Crippen molar-refractivity contribution in [1.29, 1.82) is 0 Å². The highest BCUT2D eigenvalue weighted by Crippen LogP contribution is 2.23. The molecule has 3 aromatic rings. The average molecular weight is 413 g/mol. The van der Waals surface area contributed by atoms with E-state index in [4.69, 9.17) is 26.4 Å². The van der Waals surface area contributed by atoms with E-state index in [-0.39, 0.29) is 6.61 Å². The summed E-state index contributed by atoms with van der Waals surface area (Å²) in [5.41, 5.74) is 2.05. The third-order valence-electron chi connectivity index (χ3n) is 4.39. The van der Waals surface area contributed by atoms with Gasteiger partial charge in [-0.1, -0.05) is 26.0 Å². The first-order valence-electron chi connectivity index (χ1n) is 9.17. The minimum atomic E-state index is 0.227. The van der Waals surface area contributed by atoms with Gasteiger partial charge in [0.15, 0.2) is 5.82 Å². The number of benzene rings is 2. The summed E-state index contributed by atoms with van der Waals surface area (Å²) >= 11 is 5.29. The van der Waals surface area contributed by atoms with Crippen molar-refractivity contribution < 1.29 is 14.2 Å². The van der Waals surface area contributed by atoms with Crippen LogP contribution in [-0.2, 0) is 6.61 Å². The molecule has 152 valence electrons. The second-order valence-electron chi connectivity index (χ2n) is 6.62. The van der Waals surface area contributed by atoms with Crippen LogP contribution in [0.2, 0.25) is 0 Å². The fourth-order valence-electron chi connectivity index (χ4n) is 2.68. The van der Waals surface area contributed by atoms with E-state index >= 15 is 0 Å². The molecule has 0 unspecified atom stereocenters. The molecule has 1 heterocycles. The number of hydrogen-bond acceptors (Lipinski definition) is 6. The predicted octanol–water partition coefficient (Wildman–Crippen LogP) is 4.54. The second kappa shape index (κ2) is 9.38. The number of aromatic nitrogens is 3. The molecule has 3 rings (SSSR count). The fraction of sp³-hybridized carbons (Fsp3) is 0.286. The number of hydrogen-bond donors (Lipinski definition) is 1. The Bertz CT molecular complexity index is 1040.